The molecule has 134 valence electrons. The third-order valence-electron chi connectivity index (χ3n) is 5.43. The lowest BCUT2D eigenvalue weighted by Gasteiger charge is -2.37. The molecule has 2 aromatic rings. The van der Waals surface area contributed by atoms with E-state index < -0.39 is 0 Å². The predicted octanol–water partition coefficient (Wildman–Crippen LogP) is 6.26. The molecule has 1 fully saturated rings. The van der Waals surface area contributed by atoms with Gasteiger partial charge in [-0.05, 0) is 42.3 Å². The first-order valence-corrected chi connectivity index (χ1v) is 9.68. The second kappa shape index (κ2) is 6.92. The van der Waals surface area contributed by atoms with Crippen molar-refractivity contribution >= 4 is 40.8 Å². The van der Waals surface area contributed by atoms with Gasteiger partial charge in [0.1, 0.15) is 6.10 Å². The maximum Gasteiger partial charge on any atom is 0.313 e. The normalized spacial score (nSPS) is 30.2. The summed E-state index contributed by atoms with van der Waals surface area (Å²) < 4.78 is 5.55. The summed E-state index contributed by atoms with van der Waals surface area (Å²) in [6, 6.07) is 13.4. The lowest BCUT2D eigenvalue weighted by atomic mass is 9.65. The van der Waals surface area contributed by atoms with E-state index in [1.54, 1.807) is 6.07 Å². The van der Waals surface area contributed by atoms with Gasteiger partial charge in [0, 0.05) is 32.8 Å². The van der Waals surface area contributed by atoms with Gasteiger partial charge in [-0.3, -0.25) is 4.79 Å². The molecule has 2 nitrogen and oxygen atoms in total. The molecule has 4 rings (SSSR count). The number of carbonyl (C=O) groups is 1. The largest absolute Gasteiger partial charge is 0.462 e. The van der Waals surface area contributed by atoms with Crippen LogP contribution in [0.3, 0.4) is 0 Å². The zero-order valence-corrected chi connectivity index (χ0v) is 16.3. The molecule has 5 atom stereocenters. The van der Waals surface area contributed by atoms with Crippen molar-refractivity contribution in [1.29, 1.82) is 0 Å². The van der Waals surface area contributed by atoms with Crippen molar-refractivity contribution in [2.75, 3.05) is 0 Å². The van der Waals surface area contributed by atoms with Crippen LogP contribution in [0.25, 0.3) is 0 Å². The van der Waals surface area contributed by atoms with Crippen LogP contribution in [0.2, 0.25) is 15.1 Å². The van der Waals surface area contributed by atoms with Crippen LogP contribution in [0.1, 0.15) is 29.9 Å². The molecular weight excluding hydrogens is 391 g/mol. The first-order chi connectivity index (χ1) is 12.5. The lowest BCUT2D eigenvalue weighted by molar-refractivity contribution is -0.142. The third kappa shape index (κ3) is 3.05. The molecule has 0 aromatic heterocycles. The average Bonchev–Trinajstić information content (AvgIpc) is 2.90. The minimum absolute atomic E-state index is 0.0270. The van der Waals surface area contributed by atoms with Gasteiger partial charge in [0.25, 0.3) is 0 Å². The van der Waals surface area contributed by atoms with Gasteiger partial charge >= 0.3 is 5.97 Å². The second-order valence-electron chi connectivity index (χ2n) is 6.90. The van der Waals surface area contributed by atoms with E-state index in [4.69, 9.17) is 39.5 Å². The molecule has 0 spiro atoms. The number of allylic oxidation sites excluding steroid dienone is 1. The summed E-state index contributed by atoms with van der Waals surface area (Å²) in [5, 5.41) is 1.92. The van der Waals surface area contributed by atoms with Crippen LogP contribution in [0.4, 0.5) is 0 Å². The highest BCUT2D eigenvalue weighted by molar-refractivity contribution is 6.35. The summed E-state index contributed by atoms with van der Waals surface area (Å²) in [6.45, 7) is 1.96. The molecule has 1 aliphatic carbocycles. The molecule has 1 aliphatic heterocycles. The van der Waals surface area contributed by atoms with Crippen molar-refractivity contribution < 1.29 is 9.53 Å². The number of carbonyl (C=O) groups excluding carboxylic acids is 1. The molecule has 1 heterocycles. The fourth-order valence-corrected chi connectivity index (χ4v) is 4.95. The van der Waals surface area contributed by atoms with E-state index in [1.165, 1.54) is 0 Å². The van der Waals surface area contributed by atoms with E-state index in [1.807, 2.05) is 49.4 Å². The van der Waals surface area contributed by atoms with Gasteiger partial charge in [-0.25, -0.2) is 0 Å². The SMILES string of the molecule is C[C@H]1OC(=O)[C@@H]2C=C[C@@H](c3ccc(Cl)cc3Cl)[C@H](c3ccc(Cl)cc3)[C@H]12. The van der Waals surface area contributed by atoms with Crippen molar-refractivity contribution in [3.63, 3.8) is 0 Å². The maximum absolute atomic E-state index is 12.3. The van der Waals surface area contributed by atoms with Gasteiger partial charge in [0.2, 0.25) is 0 Å². The van der Waals surface area contributed by atoms with Crippen molar-refractivity contribution in [2.24, 2.45) is 11.8 Å². The Morgan fingerprint density at radius 1 is 0.885 bits per heavy atom. The highest BCUT2D eigenvalue weighted by atomic mass is 35.5. The summed E-state index contributed by atoms with van der Waals surface area (Å²) in [6.07, 6.45) is 3.89. The van der Waals surface area contributed by atoms with Crippen LogP contribution in [0, 0.1) is 11.8 Å². The number of rotatable bonds is 2. The molecule has 0 saturated carbocycles. The van der Waals surface area contributed by atoms with Gasteiger partial charge in [-0.1, -0.05) is 65.2 Å². The van der Waals surface area contributed by atoms with Crippen LogP contribution in [0.5, 0.6) is 0 Å². The van der Waals surface area contributed by atoms with Crippen LogP contribution in [-0.4, -0.2) is 12.1 Å². The summed E-state index contributed by atoms with van der Waals surface area (Å²) in [5.74, 6) is -0.252. The second-order valence-corrected chi connectivity index (χ2v) is 8.18. The molecule has 1 saturated heterocycles. The third-order valence-corrected chi connectivity index (χ3v) is 6.25. The zero-order valence-electron chi connectivity index (χ0n) is 14.0. The molecule has 26 heavy (non-hydrogen) atoms. The Labute approximate surface area is 167 Å². The predicted molar refractivity (Wildman–Crippen MR) is 105 cm³/mol. The van der Waals surface area contributed by atoms with Crippen LogP contribution < -0.4 is 0 Å². The Kier molecular flexibility index (Phi) is 4.77. The average molecular weight is 408 g/mol. The van der Waals surface area contributed by atoms with Crippen molar-refractivity contribution in [3.05, 3.63) is 80.8 Å². The monoisotopic (exact) mass is 406 g/mol. The first kappa shape index (κ1) is 17.9. The van der Waals surface area contributed by atoms with E-state index in [9.17, 15) is 4.79 Å². The molecule has 2 aromatic carbocycles. The van der Waals surface area contributed by atoms with Crippen LogP contribution >= 0.6 is 34.8 Å². The van der Waals surface area contributed by atoms with Gasteiger partial charge < -0.3 is 4.74 Å². The van der Waals surface area contributed by atoms with E-state index in [0.717, 1.165) is 11.1 Å². The quantitative estimate of drug-likeness (QED) is 0.434. The molecule has 0 radical (unpaired) electrons. The van der Waals surface area contributed by atoms with Crippen LogP contribution in [-0.2, 0) is 9.53 Å². The van der Waals surface area contributed by atoms with Crippen molar-refractivity contribution in [1.82, 2.24) is 0 Å². The van der Waals surface area contributed by atoms with Crippen LogP contribution in [0.15, 0.2) is 54.6 Å². The first-order valence-electron chi connectivity index (χ1n) is 8.55. The molecule has 0 bridgehead atoms. The molecule has 0 unspecified atom stereocenters. The standard InChI is InChI=1S/C21H17Cl3O2/c1-11-19-17(21(25)26-11)9-8-16(15-7-6-14(23)10-18(15)24)20(19)12-2-4-13(22)5-3-12/h2-11,16-17,19-20H,1H3/t11-,16+,17-,19-,20+/m1/s1. The Bertz CT molecular complexity index is 875. The van der Waals surface area contributed by atoms with E-state index in [0.29, 0.717) is 15.1 Å². The Balaban J connectivity index is 1.85. The van der Waals surface area contributed by atoms with E-state index in [2.05, 4.69) is 6.08 Å². The number of fused-ring (bicyclic) bond motifs is 1. The Morgan fingerprint density at radius 3 is 2.23 bits per heavy atom. The molecule has 0 amide bonds. The van der Waals surface area contributed by atoms with Gasteiger partial charge in [0.05, 0.1) is 5.92 Å². The van der Waals surface area contributed by atoms with Gasteiger partial charge in [-0.15, -0.1) is 0 Å². The number of hydrogen-bond acceptors (Lipinski definition) is 2. The smallest absolute Gasteiger partial charge is 0.313 e. The number of benzene rings is 2. The van der Waals surface area contributed by atoms with Crippen molar-refractivity contribution in [2.45, 2.75) is 24.9 Å². The summed E-state index contributed by atoms with van der Waals surface area (Å²) in [4.78, 5) is 12.3. The molecule has 5 heteroatoms. The number of hydrogen-bond donors (Lipinski definition) is 0. The van der Waals surface area contributed by atoms with Gasteiger partial charge in [-0.2, -0.15) is 0 Å². The van der Waals surface area contributed by atoms with E-state index in [-0.39, 0.29) is 35.7 Å². The lowest BCUT2D eigenvalue weighted by Crippen LogP contribution is -2.32. The zero-order chi connectivity index (χ0) is 18.4. The topological polar surface area (TPSA) is 26.3 Å². The van der Waals surface area contributed by atoms with Crippen molar-refractivity contribution in [3.8, 4) is 0 Å². The Hall–Kier alpha value is -1.48. The fraction of sp³-hybridized carbons (Fsp3) is 0.286. The molecule has 0 N–H and O–H groups in total. The Morgan fingerprint density at radius 2 is 1.54 bits per heavy atom. The highest BCUT2D eigenvalue weighted by Gasteiger charge is 2.50. The summed E-state index contributed by atoms with van der Waals surface area (Å²) >= 11 is 18.7. The number of cyclic esters (lactones) is 1. The summed E-state index contributed by atoms with van der Waals surface area (Å²) in [5.41, 5.74) is 2.12. The minimum Gasteiger partial charge on any atom is -0.462 e. The summed E-state index contributed by atoms with van der Waals surface area (Å²) in [7, 11) is 0. The van der Waals surface area contributed by atoms with E-state index >= 15 is 0 Å². The van der Waals surface area contributed by atoms with Gasteiger partial charge in [0.15, 0.2) is 0 Å². The number of halogens is 3. The highest BCUT2D eigenvalue weighted by Crippen LogP contribution is 2.52. The fourth-order valence-electron chi connectivity index (χ4n) is 4.29. The molecule has 2 aliphatic rings. The minimum atomic E-state index is -0.229. The number of esters is 1. The maximum atomic E-state index is 12.3. The molecular formula is C21H17Cl3O2. The number of ether oxygens (including phenoxy) is 1.